The van der Waals surface area contributed by atoms with E-state index in [4.69, 9.17) is 16.3 Å². The monoisotopic (exact) mass is 334 g/mol. The average Bonchev–Trinajstić information content (AvgIpc) is 2.53. The molecule has 0 aliphatic heterocycles. The second kappa shape index (κ2) is 7.51. The first-order valence-corrected chi connectivity index (χ1v) is 7.08. The quantitative estimate of drug-likeness (QED) is 0.749. The van der Waals surface area contributed by atoms with E-state index in [2.05, 4.69) is 10.6 Å². The average molecular weight is 335 g/mol. The van der Waals surface area contributed by atoms with E-state index >= 15 is 0 Å². The van der Waals surface area contributed by atoms with Gasteiger partial charge < -0.3 is 20.5 Å². The molecular formula is C16H15ClN2O4. The van der Waals surface area contributed by atoms with Crippen LogP contribution in [0.5, 0.6) is 11.5 Å². The van der Waals surface area contributed by atoms with Crippen molar-refractivity contribution in [2.24, 2.45) is 0 Å². The van der Waals surface area contributed by atoms with Gasteiger partial charge in [0.05, 0.1) is 7.11 Å². The molecule has 0 radical (unpaired) electrons. The predicted octanol–water partition coefficient (Wildman–Crippen LogP) is 2.31. The Labute approximate surface area is 138 Å². The molecule has 2 rings (SSSR count). The number of nitrogens with one attached hydrogen (secondary N) is 2. The van der Waals surface area contributed by atoms with E-state index in [1.165, 1.54) is 13.2 Å². The minimum absolute atomic E-state index is 0.00909. The number of carbonyl (C=O) groups excluding carboxylic acids is 2. The second-order valence-corrected chi connectivity index (χ2v) is 5.05. The summed E-state index contributed by atoms with van der Waals surface area (Å²) >= 11 is 5.80. The molecule has 3 N–H and O–H groups in total. The normalized spacial score (nSPS) is 10.0. The van der Waals surface area contributed by atoms with Gasteiger partial charge in [-0.3, -0.25) is 9.59 Å². The lowest BCUT2D eigenvalue weighted by Crippen LogP contribution is -2.34. The molecule has 0 spiro atoms. The molecular weight excluding hydrogens is 320 g/mol. The molecule has 120 valence electrons. The van der Waals surface area contributed by atoms with Crippen LogP contribution in [0.15, 0.2) is 42.5 Å². The third-order valence-electron chi connectivity index (χ3n) is 3.03. The van der Waals surface area contributed by atoms with E-state index in [1.54, 1.807) is 36.4 Å². The lowest BCUT2D eigenvalue weighted by molar-refractivity contribution is -0.136. The van der Waals surface area contributed by atoms with Crippen LogP contribution in [0, 0.1) is 0 Å². The summed E-state index contributed by atoms with van der Waals surface area (Å²) in [5, 5.41) is 15.2. The van der Waals surface area contributed by atoms with E-state index in [0.29, 0.717) is 22.0 Å². The van der Waals surface area contributed by atoms with Crippen LogP contribution in [-0.2, 0) is 16.1 Å². The molecule has 6 nitrogen and oxygen atoms in total. The van der Waals surface area contributed by atoms with Crippen molar-refractivity contribution in [2.45, 2.75) is 6.54 Å². The fraction of sp³-hybridized carbons (Fsp3) is 0.125. The molecule has 0 unspecified atom stereocenters. The van der Waals surface area contributed by atoms with Gasteiger partial charge >= 0.3 is 11.8 Å². The zero-order valence-electron chi connectivity index (χ0n) is 12.3. The summed E-state index contributed by atoms with van der Waals surface area (Å²) in [6, 6.07) is 11.3. The molecule has 0 bridgehead atoms. The van der Waals surface area contributed by atoms with Crippen molar-refractivity contribution in [3.05, 3.63) is 53.1 Å². The number of anilines is 1. The smallest absolute Gasteiger partial charge is 0.313 e. The number of hydrogen-bond acceptors (Lipinski definition) is 4. The predicted molar refractivity (Wildman–Crippen MR) is 86.6 cm³/mol. The summed E-state index contributed by atoms with van der Waals surface area (Å²) in [4.78, 5) is 23.6. The van der Waals surface area contributed by atoms with Crippen LogP contribution in [0.1, 0.15) is 5.56 Å². The lowest BCUT2D eigenvalue weighted by atomic mass is 10.2. The highest BCUT2D eigenvalue weighted by atomic mass is 35.5. The minimum atomic E-state index is -0.827. The number of carbonyl (C=O) groups is 2. The van der Waals surface area contributed by atoms with Crippen LogP contribution >= 0.6 is 11.6 Å². The van der Waals surface area contributed by atoms with E-state index in [9.17, 15) is 14.7 Å². The number of ether oxygens (including phenoxy) is 1. The fourth-order valence-electron chi connectivity index (χ4n) is 1.89. The van der Waals surface area contributed by atoms with Gasteiger partial charge in [0, 0.05) is 22.8 Å². The first-order valence-electron chi connectivity index (χ1n) is 6.71. The maximum atomic E-state index is 11.8. The summed E-state index contributed by atoms with van der Waals surface area (Å²) in [7, 11) is 1.43. The van der Waals surface area contributed by atoms with E-state index in [-0.39, 0.29) is 12.3 Å². The van der Waals surface area contributed by atoms with Crippen molar-refractivity contribution in [3.8, 4) is 11.5 Å². The van der Waals surface area contributed by atoms with Gasteiger partial charge in [0.25, 0.3) is 0 Å². The molecule has 23 heavy (non-hydrogen) atoms. The molecule has 0 saturated carbocycles. The van der Waals surface area contributed by atoms with Crippen LogP contribution in [-0.4, -0.2) is 24.0 Å². The first-order chi connectivity index (χ1) is 11.0. The number of phenols is 1. The minimum Gasteiger partial charge on any atom is -0.504 e. The van der Waals surface area contributed by atoms with Crippen LogP contribution in [0.3, 0.4) is 0 Å². The Morgan fingerprint density at radius 1 is 1.17 bits per heavy atom. The Kier molecular flexibility index (Phi) is 5.43. The van der Waals surface area contributed by atoms with Gasteiger partial charge in [-0.1, -0.05) is 29.8 Å². The second-order valence-electron chi connectivity index (χ2n) is 4.62. The van der Waals surface area contributed by atoms with Gasteiger partial charge in [-0.2, -0.15) is 0 Å². The van der Waals surface area contributed by atoms with Crippen LogP contribution < -0.4 is 15.4 Å². The van der Waals surface area contributed by atoms with Crippen molar-refractivity contribution in [2.75, 3.05) is 12.4 Å². The van der Waals surface area contributed by atoms with Crippen molar-refractivity contribution in [1.82, 2.24) is 5.32 Å². The maximum absolute atomic E-state index is 11.8. The SMILES string of the molecule is COc1cccc(CNC(=O)C(=O)Nc2cccc(Cl)c2)c1O. The standard InChI is InChI=1S/C16H15ClN2O4/c1-23-13-7-2-4-10(14(13)20)9-18-15(21)16(22)19-12-6-3-5-11(17)8-12/h2-8,20H,9H2,1H3,(H,18,21)(H,19,22). The molecule has 0 aromatic heterocycles. The number of hydrogen-bond donors (Lipinski definition) is 3. The number of benzene rings is 2. The third kappa shape index (κ3) is 4.37. The Bertz CT molecular complexity index is 734. The molecule has 0 heterocycles. The number of para-hydroxylation sites is 1. The van der Waals surface area contributed by atoms with Crippen LogP contribution in [0.2, 0.25) is 5.02 Å². The first kappa shape index (κ1) is 16.6. The molecule has 2 aromatic carbocycles. The van der Waals surface area contributed by atoms with Crippen molar-refractivity contribution in [3.63, 3.8) is 0 Å². The fourth-order valence-corrected chi connectivity index (χ4v) is 2.08. The molecule has 0 aliphatic carbocycles. The highest BCUT2D eigenvalue weighted by Crippen LogP contribution is 2.29. The number of halogens is 1. The van der Waals surface area contributed by atoms with Crippen molar-refractivity contribution < 1.29 is 19.4 Å². The summed E-state index contributed by atoms with van der Waals surface area (Å²) in [5.41, 5.74) is 0.857. The molecule has 0 atom stereocenters. The number of aromatic hydroxyl groups is 1. The van der Waals surface area contributed by atoms with Gasteiger partial charge in [-0.15, -0.1) is 0 Å². The number of rotatable bonds is 4. The van der Waals surface area contributed by atoms with E-state index < -0.39 is 11.8 Å². The van der Waals surface area contributed by atoms with E-state index in [1.807, 2.05) is 0 Å². The largest absolute Gasteiger partial charge is 0.504 e. The Morgan fingerprint density at radius 3 is 2.61 bits per heavy atom. The highest BCUT2D eigenvalue weighted by Gasteiger charge is 2.15. The summed E-state index contributed by atoms with van der Waals surface area (Å²) in [5.74, 6) is -1.44. The molecule has 0 fully saturated rings. The summed E-state index contributed by atoms with van der Waals surface area (Å²) in [6.07, 6.45) is 0. The number of phenolic OH excluding ortho intramolecular Hbond substituents is 1. The van der Waals surface area contributed by atoms with E-state index in [0.717, 1.165) is 0 Å². The van der Waals surface area contributed by atoms with Crippen molar-refractivity contribution in [1.29, 1.82) is 0 Å². The molecule has 2 aromatic rings. The lowest BCUT2D eigenvalue weighted by Gasteiger charge is -2.10. The van der Waals surface area contributed by atoms with Gasteiger partial charge in [-0.25, -0.2) is 0 Å². The molecule has 0 saturated heterocycles. The Morgan fingerprint density at radius 2 is 1.91 bits per heavy atom. The molecule has 0 aliphatic rings. The topological polar surface area (TPSA) is 87.7 Å². The maximum Gasteiger partial charge on any atom is 0.313 e. The summed E-state index contributed by atoms with van der Waals surface area (Å²) in [6.45, 7) is -0.00909. The van der Waals surface area contributed by atoms with Gasteiger partial charge in [0.2, 0.25) is 0 Å². The molecule has 2 amide bonds. The highest BCUT2D eigenvalue weighted by molar-refractivity contribution is 6.39. The van der Waals surface area contributed by atoms with Crippen LogP contribution in [0.4, 0.5) is 5.69 Å². The van der Waals surface area contributed by atoms with Gasteiger partial charge in [0.15, 0.2) is 11.5 Å². The van der Waals surface area contributed by atoms with Crippen molar-refractivity contribution >= 4 is 29.1 Å². The molecule has 7 heteroatoms. The summed E-state index contributed by atoms with van der Waals surface area (Å²) < 4.78 is 4.98. The van der Waals surface area contributed by atoms with Crippen LogP contribution in [0.25, 0.3) is 0 Å². The van der Waals surface area contributed by atoms with Gasteiger partial charge in [-0.05, 0) is 24.3 Å². The third-order valence-corrected chi connectivity index (χ3v) is 3.27. The zero-order valence-corrected chi connectivity index (χ0v) is 13.1. The number of methoxy groups -OCH3 is 1. The Balaban J connectivity index is 1.95. The Hall–Kier alpha value is -2.73. The zero-order chi connectivity index (χ0) is 16.8. The van der Waals surface area contributed by atoms with Gasteiger partial charge in [0.1, 0.15) is 0 Å². The number of amides is 2.